The molecule has 0 aliphatic carbocycles. The van der Waals surface area contributed by atoms with Gasteiger partial charge in [0, 0.05) is 18.6 Å². The second-order valence-electron chi connectivity index (χ2n) is 5.51. The van der Waals surface area contributed by atoms with E-state index in [-0.39, 0.29) is 0 Å². The number of aryl methyl sites for hydroxylation is 2. The first-order valence-electron chi connectivity index (χ1n) is 7.17. The van der Waals surface area contributed by atoms with Crippen LogP contribution in [0.25, 0.3) is 0 Å². The molecule has 0 saturated carbocycles. The van der Waals surface area contributed by atoms with Crippen molar-refractivity contribution < 1.29 is 0 Å². The van der Waals surface area contributed by atoms with Gasteiger partial charge in [0.15, 0.2) is 0 Å². The average Bonchev–Trinajstić information content (AvgIpc) is 2.83. The van der Waals surface area contributed by atoms with Gasteiger partial charge in [-0.3, -0.25) is 4.90 Å². The molecule has 0 radical (unpaired) electrons. The molecule has 2 atom stereocenters. The van der Waals surface area contributed by atoms with Gasteiger partial charge < -0.3 is 5.32 Å². The summed E-state index contributed by atoms with van der Waals surface area (Å²) >= 11 is 0. The third-order valence-electron chi connectivity index (χ3n) is 4.24. The van der Waals surface area contributed by atoms with Crippen LogP contribution in [0.4, 0.5) is 0 Å². The third kappa shape index (κ3) is 2.76. The van der Waals surface area contributed by atoms with E-state index in [0.29, 0.717) is 12.1 Å². The summed E-state index contributed by atoms with van der Waals surface area (Å²) in [5.74, 6) is 0. The molecule has 2 unspecified atom stereocenters. The number of nitrogens with zero attached hydrogens (tertiary/aromatic N) is 1. The largest absolute Gasteiger partial charge is 0.315 e. The van der Waals surface area contributed by atoms with Gasteiger partial charge in [0.05, 0.1) is 0 Å². The Morgan fingerprint density at radius 1 is 1.39 bits per heavy atom. The predicted molar refractivity (Wildman–Crippen MR) is 78.0 cm³/mol. The van der Waals surface area contributed by atoms with E-state index in [1.807, 2.05) is 0 Å². The van der Waals surface area contributed by atoms with Crippen molar-refractivity contribution in [2.24, 2.45) is 0 Å². The van der Waals surface area contributed by atoms with Crippen molar-refractivity contribution in [3.8, 4) is 0 Å². The molecular formula is C16H26N2. The van der Waals surface area contributed by atoms with Gasteiger partial charge in [0.25, 0.3) is 0 Å². The summed E-state index contributed by atoms with van der Waals surface area (Å²) in [6.07, 6.45) is 1.28. The Morgan fingerprint density at radius 2 is 2.17 bits per heavy atom. The minimum absolute atomic E-state index is 0.514. The number of likely N-dealkylation sites (N-methyl/N-ethyl adjacent to an activating group) is 1. The molecule has 0 bridgehead atoms. The zero-order valence-corrected chi connectivity index (χ0v) is 12.2. The van der Waals surface area contributed by atoms with Crippen LogP contribution in [0.5, 0.6) is 0 Å². The standard InChI is InChI=1S/C16H26N2/c1-5-18(15-8-9-17-11-15)14(4)16-7-6-12(2)10-13(16)3/h6-7,10,14-15,17H,5,8-9,11H2,1-4H3. The second kappa shape index (κ2) is 5.85. The summed E-state index contributed by atoms with van der Waals surface area (Å²) in [4.78, 5) is 2.64. The van der Waals surface area contributed by atoms with E-state index in [0.717, 1.165) is 13.1 Å². The normalized spacial score (nSPS) is 21.5. The van der Waals surface area contributed by atoms with E-state index in [2.05, 4.69) is 56.1 Å². The van der Waals surface area contributed by atoms with Gasteiger partial charge in [0.1, 0.15) is 0 Å². The van der Waals surface area contributed by atoms with Crippen molar-refractivity contribution >= 4 is 0 Å². The molecule has 2 heteroatoms. The highest BCUT2D eigenvalue weighted by Crippen LogP contribution is 2.27. The highest BCUT2D eigenvalue weighted by molar-refractivity contribution is 5.32. The van der Waals surface area contributed by atoms with Crippen LogP contribution in [0.1, 0.15) is 43.0 Å². The average molecular weight is 246 g/mol. The fraction of sp³-hybridized carbons (Fsp3) is 0.625. The second-order valence-corrected chi connectivity index (χ2v) is 5.51. The molecule has 2 rings (SSSR count). The van der Waals surface area contributed by atoms with Crippen LogP contribution in [0.15, 0.2) is 18.2 Å². The maximum Gasteiger partial charge on any atom is 0.0325 e. The van der Waals surface area contributed by atoms with Crippen molar-refractivity contribution in [1.29, 1.82) is 0 Å². The molecule has 1 aliphatic rings. The molecule has 1 aromatic carbocycles. The fourth-order valence-corrected chi connectivity index (χ4v) is 3.24. The van der Waals surface area contributed by atoms with E-state index < -0.39 is 0 Å². The minimum atomic E-state index is 0.514. The van der Waals surface area contributed by atoms with Crippen molar-refractivity contribution in [1.82, 2.24) is 10.2 Å². The van der Waals surface area contributed by atoms with Gasteiger partial charge in [-0.15, -0.1) is 0 Å². The maximum absolute atomic E-state index is 3.48. The molecule has 1 saturated heterocycles. The smallest absolute Gasteiger partial charge is 0.0325 e. The molecule has 0 aromatic heterocycles. The van der Waals surface area contributed by atoms with Crippen molar-refractivity contribution in [2.45, 2.75) is 46.2 Å². The number of hydrogen-bond donors (Lipinski definition) is 1. The molecule has 1 aliphatic heterocycles. The SMILES string of the molecule is CCN(C1CCNC1)C(C)c1ccc(C)cc1C. The Balaban J connectivity index is 2.19. The zero-order valence-electron chi connectivity index (χ0n) is 12.2. The van der Waals surface area contributed by atoms with Crippen molar-refractivity contribution in [3.63, 3.8) is 0 Å². The number of nitrogens with one attached hydrogen (secondary N) is 1. The van der Waals surface area contributed by atoms with Crippen LogP contribution in [0.3, 0.4) is 0 Å². The lowest BCUT2D eigenvalue weighted by Crippen LogP contribution is -2.38. The van der Waals surface area contributed by atoms with Gasteiger partial charge in [-0.2, -0.15) is 0 Å². The van der Waals surface area contributed by atoms with Gasteiger partial charge in [0.2, 0.25) is 0 Å². The predicted octanol–water partition coefficient (Wildman–Crippen LogP) is 3.05. The molecule has 1 N–H and O–H groups in total. The molecule has 1 heterocycles. The highest BCUT2D eigenvalue weighted by Gasteiger charge is 2.26. The zero-order chi connectivity index (χ0) is 13.1. The van der Waals surface area contributed by atoms with Crippen LogP contribution in [-0.4, -0.2) is 30.6 Å². The Kier molecular flexibility index (Phi) is 4.41. The van der Waals surface area contributed by atoms with Crippen LogP contribution >= 0.6 is 0 Å². The molecule has 0 amide bonds. The molecule has 100 valence electrons. The van der Waals surface area contributed by atoms with Gasteiger partial charge in [-0.1, -0.05) is 30.7 Å². The van der Waals surface area contributed by atoms with Crippen LogP contribution in [0.2, 0.25) is 0 Å². The van der Waals surface area contributed by atoms with E-state index in [4.69, 9.17) is 0 Å². The van der Waals surface area contributed by atoms with Gasteiger partial charge in [-0.25, -0.2) is 0 Å². The molecule has 2 nitrogen and oxygen atoms in total. The first-order valence-corrected chi connectivity index (χ1v) is 7.17. The van der Waals surface area contributed by atoms with Crippen LogP contribution in [0, 0.1) is 13.8 Å². The van der Waals surface area contributed by atoms with E-state index in [9.17, 15) is 0 Å². The molecular weight excluding hydrogens is 220 g/mol. The highest BCUT2D eigenvalue weighted by atomic mass is 15.2. The summed E-state index contributed by atoms with van der Waals surface area (Å²) < 4.78 is 0. The number of rotatable bonds is 4. The van der Waals surface area contributed by atoms with Gasteiger partial charge in [-0.05, 0) is 51.4 Å². The first kappa shape index (κ1) is 13.6. The Labute approximate surface area is 111 Å². The number of hydrogen-bond acceptors (Lipinski definition) is 2. The Bertz CT molecular complexity index is 394. The van der Waals surface area contributed by atoms with E-state index in [1.54, 1.807) is 0 Å². The lowest BCUT2D eigenvalue weighted by atomic mass is 9.98. The maximum atomic E-state index is 3.48. The first-order chi connectivity index (χ1) is 8.63. The van der Waals surface area contributed by atoms with E-state index >= 15 is 0 Å². The Morgan fingerprint density at radius 3 is 2.72 bits per heavy atom. The summed E-state index contributed by atoms with van der Waals surface area (Å²) in [7, 11) is 0. The van der Waals surface area contributed by atoms with Crippen LogP contribution < -0.4 is 5.32 Å². The summed E-state index contributed by atoms with van der Waals surface area (Å²) in [5.41, 5.74) is 4.26. The van der Waals surface area contributed by atoms with Crippen molar-refractivity contribution in [2.75, 3.05) is 19.6 Å². The lowest BCUT2D eigenvalue weighted by Gasteiger charge is -2.34. The lowest BCUT2D eigenvalue weighted by molar-refractivity contribution is 0.162. The number of benzene rings is 1. The van der Waals surface area contributed by atoms with Crippen molar-refractivity contribution in [3.05, 3.63) is 34.9 Å². The molecule has 1 fully saturated rings. The monoisotopic (exact) mass is 246 g/mol. The minimum Gasteiger partial charge on any atom is -0.315 e. The summed E-state index contributed by atoms with van der Waals surface area (Å²) in [6.45, 7) is 12.5. The topological polar surface area (TPSA) is 15.3 Å². The molecule has 1 aromatic rings. The summed E-state index contributed by atoms with van der Waals surface area (Å²) in [6, 6.07) is 8.05. The molecule has 18 heavy (non-hydrogen) atoms. The third-order valence-corrected chi connectivity index (χ3v) is 4.24. The fourth-order valence-electron chi connectivity index (χ4n) is 3.24. The quantitative estimate of drug-likeness (QED) is 0.878. The van der Waals surface area contributed by atoms with E-state index in [1.165, 1.54) is 29.7 Å². The van der Waals surface area contributed by atoms with Gasteiger partial charge >= 0.3 is 0 Å². The molecule has 0 spiro atoms. The van der Waals surface area contributed by atoms with Crippen LogP contribution in [-0.2, 0) is 0 Å². The Hall–Kier alpha value is -0.860. The summed E-state index contributed by atoms with van der Waals surface area (Å²) in [5, 5.41) is 3.48.